The van der Waals surface area contributed by atoms with Gasteiger partial charge in [0.2, 0.25) is 0 Å². The molecule has 28 heavy (non-hydrogen) atoms. The number of carbonyl (C=O) groups is 1. The van der Waals surface area contributed by atoms with Gasteiger partial charge in [-0.05, 0) is 41.9 Å². The number of aromatic nitrogens is 4. The summed E-state index contributed by atoms with van der Waals surface area (Å²) in [5, 5.41) is 13.5. The Morgan fingerprint density at radius 2 is 2.11 bits per heavy atom. The van der Waals surface area contributed by atoms with Crippen LogP contribution in [-0.4, -0.2) is 48.6 Å². The minimum atomic E-state index is -0.0426. The highest BCUT2D eigenvalue weighted by Crippen LogP contribution is 2.24. The molecule has 1 fully saturated rings. The third-order valence-corrected chi connectivity index (χ3v) is 5.36. The van der Waals surface area contributed by atoms with Crippen molar-refractivity contribution in [3.05, 3.63) is 59.2 Å². The molecule has 1 unspecified atom stereocenters. The SMILES string of the molecule is CC(C)c1cc(C(=O)N2CCC(Cc3cccc(CO)c3)C2)nc2ncnn12. The Hall–Kier alpha value is -2.80. The number of hydrogen-bond acceptors (Lipinski definition) is 5. The van der Waals surface area contributed by atoms with Gasteiger partial charge in [0.1, 0.15) is 12.0 Å². The molecule has 7 nitrogen and oxygen atoms in total. The third kappa shape index (κ3) is 3.62. The van der Waals surface area contributed by atoms with Crippen LogP contribution in [0.4, 0.5) is 0 Å². The molecule has 1 aliphatic heterocycles. The van der Waals surface area contributed by atoms with E-state index in [9.17, 15) is 9.90 Å². The monoisotopic (exact) mass is 379 g/mol. The number of hydrogen-bond donors (Lipinski definition) is 1. The first kappa shape index (κ1) is 18.6. The van der Waals surface area contributed by atoms with Crippen molar-refractivity contribution < 1.29 is 9.90 Å². The molecule has 1 N–H and O–H groups in total. The largest absolute Gasteiger partial charge is 0.392 e. The molecule has 0 radical (unpaired) electrons. The van der Waals surface area contributed by atoms with Crippen LogP contribution >= 0.6 is 0 Å². The first-order valence-corrected chi connectivity index (χ1v) is 9.73. The van der Waals surface area contributed by atoms with Crippen LogP contribution in [-0.2, 0) is 13.0 Å². The summed E-state index contributed by atoms with van der Waals surface area (Å²) in [5.74, 6) is 1.05. The molecule has 0 aliphatic carbocycles. The van der Waals surface area contributed by atoms with Crippen LogP contribution in [0.5, 0.6) is 0 Å². The molecule has 7 heteroatoms. The third-order valence-electron chi connectivity index (χ3n) is 5.36. The van der Waals surface area contributed by atoms with Crippen molar-refractivity contribution in [2.24, 2.45) is 5.92 Å². The van der Waals surface area contributed by atoms with Crippen molar-refractivity contribution in [2.45, 2.75) is 39.2 Å². The number of nitrogens with zero attached hydrogens (tertiary/aromatic N) is 5. The molecule has 146 valence electrons. The molecule has 0 spiro atoms. The lowest BCUT2D eigenvalue weighted by molar-refractivity contribution is 0.0781. The maximum Gasteiger partial charge on any atom is 0.272 e. The van der Waals surface area contributed by atoms with E-state index in [0.29, 0.717) is 17.4 Å². The summed E-state index contributed by atoms with van der Waals surface area (Å²) < 4.78 is 1.70. The fraction of sp³-hybridized carbons (Fsp3) is 0.429. The van der Waals surface area contributed by atoms with Gasteiger partial charge in [-0.3, -0.25) is 4.79 Å². The molecular formula is C21H25N5O2. The van der Waals surface area contributed by atoms with Crippen molar-refractivity contribution in [3.8, 4) is 0 Å². The molecule has 3 aromatic rings. The number of carbonyl (C=O) groups excluding carboxylic acids is 1. The number of aliphatic hydroxyl groups excluding tert-OH is 1. The van der Waals surface area contributed by atoms with Gasteiger partial charge in [0, 0.05) is 13.1 Å². The van der Waals surface area contributed by atoms with Gasteiger partial charge in [0.05, 0.1) is 12.3 Å². The zero-order valence-electron chi connectivity index (χ0n) is 16.2. The smallest absolute Gasteiger partial charge is 0.272 e. The number of benzene rings is 1. The lowest BCUT2D eigenvalue weighted by Gasteiger charge is -2.17. The summed E-state index contributed by atoms with van der Waals surface area (Å²) >= 11 is 0. The molecule has 4 rings (SSSR count). The number of rotatable bonds is 5. The highest BCUT2D eigenvalue weighted by Gasteiger charge is 2.28. The average Bonchev–Trinajstić information content (AvgIpc) is 3.36. The van der Waals surface area contributed by atoms with Crippen molar-refractivity contribution in [3.63, 3.8) is 0 Å². The highest BCUT2D eigenvalue weighted by atomic mass is 16.3. The van der Waals surface area contributed by atoms with Crippen LogP contribution in [0.2, 0.25) is 0 Å². The Kier molecular flexibility index (Phi) is 5.09. The van der Waals surface area contributed by atoms with Gasteiger partial charge in [-0.15, -0.1) is 0 Å². The first-order valence-electron chi connectivity index (χ1n) is 9.73. The van der Waals surface area contributed by atoms with Crippen LogP contribution in [0.15, 0.2) is 36.7 Å². The average molecular weight is 379 g/mol. The number of fused-ring (bicyclic) bond motifs is 1. The predicted octanol–water partition coefficient (Wildman–Crippen LogP) is 2.44. The van der Waals surface area contributed by atoms with Gasteiger partial charge in [-0.1, -0.05) is 38.1 Å². The summed E-state index contributed by atoms with van der Waals surface area (Å²) in [5.41, 5.74) is 3.50. The maximum atomic E-state index is 13.1. The van der Waals surface area contributed by atoms with E-state index in [0.717, 1.165) is 37.2 Å². The summed E-state index contributed by atoms with van der Waals surface area (Å²) in [6.45, 7) is 5.64. The second-order valence-corrected chi connectivity index (χ2v) is 7.78. The molecule has 0 bridgehead atoms. The van der Waals surface area contributed by atoms with Gasteiger partial charge in [0.25, 0.3) is 11.7 Å². The van der Waals surface area contributed by atoms with Crippen molar-refractivity contribution in [1.82, 2.24) is 24.5 Å². The van der Waals surface area contributed by atoms with E-state index in [4.69, 9.17) is 0 Å². The van der Waals surface area contributed by atoms with Gasteiger partial charge in [0.15, 0.2) is 0 Å². The maximum absolute atomic E-state index is 13.1. The standard InChI is InChI=1S/C21H25N5O2/c1-14(2)19-10-18(24-21-22-13-23-26(19)21)20(28)25-7-6-16(11-25)8-15-4-3-5-17(9-15)12-27/h3-5,9-10,13-14,16,27H,6-8,11-12H2,1-2H3. The zero-order valence-corrected chi connectivity index (χ0v) is 16.2. The van der Waals surface area contributed by atoms with Gasteiger partial charge >= 0.3 is 0 Å². The Bertz CT molecular complexity index is 997. The number of amides is 1. The van der Waals surface area contributed by atoms with E-state index < -0.39 is 0 Å². The minimum absolute atomic E-state index is 0.0426. The normalized spacial score (nSPS) is 17.0. The first-order chi connectivity index (χ1) is 13.5. The quantitative estimate of drug-likeness (QED) is 0.736. The van der Waals surface area contributed by atoms with Crippen molar-refractivity contribution >= 4 is 11.7 Å². The Balaban J connectivity index is 1.49. The molecule has 1 aromatic carbocycles. The van der Waals surface area contributed by atoms with Gasteiger partial charge < -0.3 is 10.0 Å². The van der Waals surface area contributed by atoms with Crippen LogP contribution < -0.4 is 0 Å². The number of aliphatic hydroxyl groups is 1. The molecule has 1 atom stereocenters. The Labute approximate surface area is 164 Å². The fourth-order valence-electron chi connectivity index (χ4n) is 3.89. The van der Waals surface area contributed by atoms with Crippen LogP contribution in [0.1, 0.15) is 53.5 Å². The summed E-state index contributed by atoms with van der Waals surface area (Å²) in [7, 11) is 0. The van der Waals surface area contributed by atoms with E-state index in [2.05, 4.69) is 35.0 Å². The van der Waals surface area contributed by atoms with Gasteiger partial charge in [-0.25, -0.2) is 9.50 Å². The van der Waals surface area contributed by atoms with Gasteiger partial charge in [-0.2, -0.15) is 10.1 Å². The summed E-state index contributed by atoms with van der Waals surface area (Å²) in [6.07, 6.45) is 3.35. The fourth-order valence-corrected chi connectivity index (χ4v) is 3.89. The molecule has 1 aliphatic rings. The van der Waals surface area contributed by atoms with E-state index in [1.165, 1.54) is 11.9 Å². The van der Waals surface area contributed by atoms with Crippen LogP contribution in [0.3, 0.4) is 0 Å². The lowest BCUT2D eigenvalue weighted by atomic mass is 9.97. The molecule has 0 saturated carbocycles. The lowest BCUT2D eigenvalue weighted by Crippen LogP contribution is -2.30. The van der Waals surface area contributed by atoms with E-state index in [1.807, 2.05) is 29.2 Å². The molecule has 1 saturated heterocycles. The molecule has 3 heterocycles. The molecular weight excluding hydrogens is 354 g/mol. The molecule has 1 amide bonds. The summed E-state index contributed by atoms with van der Waals surface area (Å²) in [6, 6.07) is 9.86. The van der Waals surface area contributed by atoms with Crippen molar-refractivity contribution in [1.29, 1.82) is 0 Å². The predicted molar refractivity (Wildman–Crippen MR) is 105 cm³/mol. The Morgan fingerprint density at radius 3 is 2.89 bits per heavy atom. The summed E-state index contributed by atoms with van der Waals surface area (Å²) in [4.78, 5) is 23.5. The Morgan fingerprint density at radius 1 is 1.29 bits per heavy atom. The van der Waals surface area contributed by atoms with Crippen LogP contribution in [0.25, 0.3) is 5.78 Å². The highest BCUT2D eigenvalue weighted by molar-refractivity contribution is 5.93. The molecule has 2 aromatic heterocycles. The van der Waals surface area contributed by atoms with E-state index >= 15 is 0 Å². The topological polar surface area (TPSA) is 83.6 Å². The van der Waals surface area contributed by atoms with E-state index in [1.54, 1.807) is 4.52 Å². The minimum Gasteiger partial charge on any atom is -0.392 e. The van der Waals surface area contributed by atoms with E-state index in [-0.39, 0.29) is 18.4 Å². The second-order valence-electron chi connectivity index (χ2n) is 7.78. The van der Waals surface area contributed by atoms with Crippen LogP contribution in [0, 0.1) is 5.92 Å². The second kappa shape index (κ2) is 7.67. The number of likely N-dealkylation sites (tertiary alicyclic amines) is 1. The zero-order chi connectivity index (χ0) is 19.7. The van der Waals surface area contributed by atoms with Crippen molar-refractivity contribution in [2.75, 3.05) is 13.1 Å².